The predicted molar refractivity (Wildman–Crippen MR) is 81.4 cm³/mol. The first-order valence-corrected chi connectivity index (χ1v) is 7.60. The molecule has 0 bridgehead atoms. The number of carboxylic acid groups (broad SMARTS) is 1. The topological polar surface area (TPSA) is 61.6 Å². The lowest BCUT2D eigenvalue weighted by Crippen LogP contribution is -2.29. The van der Waals surface area contributed by atoms with Crippen LogP contribution in [0.1, 0.15) is 37.3 Å². The van der Waals surface area contributed by atoms with Gasteiger partial charge in [0.1, 0.15) is 5.82 Å². The van der Waals surface area contributed by atoms with Crippen LogP contribution in [0.25, 0.3) is 0 Å². The molecule has 1 fully saturated rings. The monoisotopic (exact) mass is 294 g/mol. The van der Waals surface area contributed by atoms with Crippen molar-refractivity contribution in [3.63, 3.8) is 0 Å². The van der Waals surface area contributed by atoms with Crippen LogP contribution in [0, 0.1) is 12.8 Å². The normalized spacial score (nSPS) is 20.7. The van der Waals surface area contributed by atoms with Crippen LogP contribution in [0.3, 0.4) is 0 Å². The lowest BCUT2D eigenvalue weighted by molar-refractivity contribution is 0.136. The van der Waals surface area contributed by atoms with Gasteiger partial charge in [0.2, 0.25) is 0 Å². The molecule has 118 valence electrons. The van der Waals surface area contributed by atoms with Crippen LogP contribution >= 0.6 is 0 Å². The lowest BCUT2D eigenvalue weighted by Gasteiger charge is -2.22. The fourth-order valence-corrected chi connectivity index (χ4v) is 3.15. The summed E-state index contributed by atoms with van der Waals surface area (Å²) >= 11 is 0. The molecule has 0 aromatic carbocycles. The van der Waals surface area contributed by atoms with E-state index >= 15 is 0 Å². The van der Waals surface area contributed by atoms with Gasteiger partial charge >= 0.3 is 6.09 Å². The molecule has 0 radical (unpaired) electrons. The molecule has 2 rings (SSSR count). The highest BCUT2D eigenvalue weighted by Gasteiger charge is 2.24. The molecule has 6 heteroatoms. The third-order valence-corrected chi connectivity index (χ3v) is 4.44. The number of carbonyl (C=O) groups is 1. The summed E-state index contributed by atoms with van der Waals surface area (Å²) in [5.41, 5.74) is 0.853. The van der Waals surface area contributed by atoms with Crippen LogP contribution < -0.4 is 0 Å². The zero-order valence-corrected chi connectivity index (χ0v) is 13.4. The van der Waals surface area contributed by atoms with Crippen molar-refractivity contribution < 1.29 is 9.90 Å². The Labute approximate surface area is 126 Å². The first-order chi connectivity index (χ1) is 9.92. The van der Waals surface area contributed by atoms with Crippen molar-refractivity contribution in [3.05, 3.63) is 17.7 Å². The molecular formula is C15H26N4O2. The molecule has 0 aliphatic carbocycles. The van der Waals surface area contributed by atoms with Gasteiger partial charge in [0, 0.05) is 26.3 Å². The molecule has 21 heavy (non-hydrogen) atoms. The molecule has 2 unspecified atom stereocenters. The second kappa shape index (κ2) is 6.47. The van der Waals surface area contributed by atoms with E-state index in [-0.39, 0.29) is 6.04 Å². The van der Waals surface area contributed by atoms with Gasteiger partial charge in [0.25, 0.3) is 0 Å². The standard InChI is InChI=1S/C15H26N4O2/c1-5-14(18(4)15(20)21)13-10-19(11(2)16-13)9-12-6-7-17(3)8-12/h10,12,14H,5-9H2,1-4H3,(H,20,21). The summed E-state index contributed by atoms with van der Waals surface area (Å²) in [6.45, 7) is 7.24. The summed E-state index contributed by atoms with van der Waals surface area (Å²) in [6.07, 6.45) is 3.06. The Kier molecular flexibility index (Phi) is 4.88. The van der Waals surface area contributed by atoms with Crippen molar-refractivity contribution in [2.75, 3.05) is 27.2 Å². The molecule has 1 amide bonds. The average molecular weight is 294 g/mol. The molecule has 0 saturated carbocycles. The van der Waals surface area contributed by atoms with Gasteiger partial charge in [-0.1, -0.05) is 6.92 Å². The third-order valence-electron chi connectivity index (χ3n) is 4.44. The molecule has 1 aliphatic heterocycles. The number of aryl methyl sites for hydroxylation is 1. The first kappa shape index (κ1) is 15.8. The summed E-state index contributed by atoms with van der Waals surface area (Å²) in [5, 5.41) is 9.17. The zero-order valence-electron chi connectivity index (χ0n) is 13.4. The first-order valence-electron chi connectivity index (χ1n) is 7.60. The Bertz CT molecular complexity index is 500. The highest BCUT2D eigenvalue weighted by Crippen LogP contribution is 2.24. The van der Waals surface area contributed by atoms with E-state index in [1.54, 1.807) is 7.05 Å². The molecule has 1 aromatic rings. The van der Waals surface area contributed by atoms with E-state index in [0.717, 1.165) is 37.6 Å². The van der Waals surface area contributed by atoms with E-state index in [1.807, 2.05) is 20.0 Å². The van der Waals surface area contributed by atoms with E-state index in [2.05, 4.69) is 21.5 Å². The number of likely N-dealkylation sites (tertiary alicyclic amines) is 1. The van der Waals surface area contributed by atoms with Crippen molar-refractivity contribution in [3.8, 4) is 0 Å². The van der Waals surface area contributed by atoms with Crippen molar-refractivity contribution in [2.45, 2.75) is 39.3 Å². The average Bonchev–Trinajstić information content (AvgIpc) is 2.98. The number of nitrogens with zero attached hydrogens (tertiary/aromatic N) is 4. The Morgan fingerprint density at radius 3 is 2.86 bits per heavy atom. The molecule has 1 aromatic heterocycles. The molecule has 0 spiro atoms. The molecular weight excluding hydrogens is 268 g/mol. The number of imidazole rings is 1. The summed E-state index contributed by atoms with van der Waals surface area (Å²) < 4.78 is 2.18. The van der Waals surface area contributed by atoms with Crippen LogP contribution in [-0.4, -0.2) is 57.7 Å². The van der Waals surface area contributed by atoms with E-state index in [0.29, 0.717) is 5.92 Å². The van der Waals surface area contributed by atoms with Crippen LogP contribution in [0.5, 0.6) is 0 Å². The predicted octanol–water partition coefficient (Wildman–Crippen LogP) is 2.20. The second-order valence-electron chi connectivity index (χ2n) is 6.10. The maximum atomic E-state index is 11.2. The van der Waals surface area contributed by atoms with Crippen LogP contribution in [0.15, 0.2) is 6.20 Å². The SMILES string of the molecule is CCC(c1cn(CC2CCN(C)C2)c(C)n1)N(C)C(=O)O. The van der Waals surface area contributed by atoms with Gasteiger partial charge in [-0.3, -0.25) is 0 Å². The number of hydrogen-bond donors (Lipinski definition) is 1. The molecule has 1 aliphatic rings. The van der Waals surface area contributed by atoms with Gasteiger partial charge in [0.05, 0.1) is 11.7 Å². The summed E-state index contributed by atoms with van der Waals surface area (Å²) in [4.78, 5) is 19.5. The van der Waals surface area contributed by atoms with Crippen molar-refractivity contribution in [1.82, 2.24) is 19.4 Å². The smallest absolute Gasteiger partial charge is 0.407 e. The summed E-state index contributed by atoms with van der Waals surface area (Å²) in [5.74, 6) is 1.63. The fourth-order valence-electron chi connectivity index (χ4n) is 3.15. The molecule has 2 heterocycles. The van der Waals surface area contributed by atoms with E-state index < -0.39 is 6.09 Å². The molecule has 1 saturated heterocycles. The Hall–Kier alpha value is -1.56. The van der Waals surface area contributed by atoms with E-state index in [1.165, 1.54) is 11.3 Å². The zero-order chi connectivity index (χ0) is 15.6. The summed E-state index contributed by atoms with van der Waals surface area (Å²) in [6, 6.07) is -0.172. The molecule has 2 atom stereocenters. The molecule has 1 N–H and O–H groups in total. The maximum absolute atomic E-state index is 11.2. The number of aromatic nitrogens is 2. The maximum Gasteiger partial charge on any atom is 0.407 e. The van der Waals surface area contributed by atoms with Crippen molar-refractivity contribution >= 4 is 6.09 Å². The highest BCUT2D eigenvalue weighted by atomic mass is 16.4. The van der Waals surface area contributed by atoms with E-state index in [9.17, 15) is 4.79 Å². The van der Waals surface area contributed by atoms with Gasteiger partial charge in [0.15, 0.2) is 0 Å². The largest absolute Gasteiger partial charge is 0.465 e. The van der Waals surface area contributed by atoms with Gasteiger partial charge < -0.3 is 19.5 Å². The summed E-state index contributed by atoms with van der Waals surface area (Å²) in [7, 11) is 3.76. The fraction of sp³-hybridized carbons (Fsp3) is 0.733. The van der Waals surface area contributed by atoms with Crippen molar-refractivity contribution in [1.29, 1.82) is 0 Å². The minimum atomic E-state index is -0.911. The van der Waals surface area contributed by atoms with Gasteiger partial charge in [-0.25, -0.2) is 9.78 Å². The van der Waals surface area contributed by atoms with Crippen LogP contribution in [0.4, 0.5) is 4.79 Å². The number of hydrogen-bond acceptors (Lipinski definition) is 3. The van der Waals surface area contributed by atoms with Crippen LogP contribution in [-0.2, 0) is 6.54 Å². The Balaban J connectivity index is 2.12. The molecule has 6 nitrogen and oxygen atoms in total. The quantitative estimate of drug-likeness (QED) is 0.904. The van der Waals surface area contributed by atoms with Gasteiger partial charge in [-0.15, -0.1) is 0 Å². The van der Waals surface area contributed by atoms with Crippen molar-refractivity contribution in [2.24, 2.45) is 5.92 Å². The Morgan fingerprint density at radius 1 is 1.62 bits per heavy atom. The number of amides is 1. The van der Waals surface area contributed by atoms with Crippen LogP contribution in [0.2, 0.25) is 0 Å². The van der Waals surface area contributed by atoms with E-state index in [4.69, 9.17) is 5.11 Å². The third kappa shape index (κ3) is 3.56. The van der Waals surface area contributed by atoms with Gasteiger partial charge in [-0.2, -0.15) is 0 Å². The second-order valence-corrected chi connectivity index (χ2v) is 6.10. The minimum absolute atomic E-state index is 0.172. The minimum Gasteiger partial charge on any atom is -0.465 e. The highest BCUT2D eigenvalue weighted by molar-refractivity contribution is 5.65. The lowest BCUT2D eigenvalue weighted by atomic mass is 10.1. The van der Waals surface area contributed by atoms with Gasteiger partial charge in [-0.05, 0) is 39.3 Å². The Morgan fingerprint density at radius 2 is 2.33 bits per heavy atom. The number of rotatable bonds is 5.